The van der Waals surface area contributed by atoms with E-state index in [9.17, 15) is 9.59 Å². The summed E-state index contributed by atoms with van der Waals surface area (Å²) in [6.07, 6.45) is 4.67. The molecule has 5 nitrogen and oxygen atoms in total. The first-order chi connectivity index (χ1) is 7.68. The first kappa shape index (κ1) is 11.4. The molecule has 0 spiro atoms. The Bertz CT molecular complexity index is 289. The van der Waals surface area contributed by atoms with Crippen LogP contribution in [0.25, 0.3) is 0 Å². The molecular weight excluding hydrogens is 208 g/mol. The summed E-state index contributed by atoms with van der Waals surface area (Å²) in [5, 5.41) is 12.2. The summed E-state index contributed by atoms with van der Waals surface area (Å²) in [6.45, 7) is 0.872. The van der Waals surface area contributed by atoms with Gasteiger partial charge in [-0.2, -0.15) is 0 Å². The third-order valence-corrected chi connectivity index (χ3v) is 3.23. The number of nitrogens with zero attached hydrogens (tertiary/aromatic N) is 1. The zero-order valence-corrected chi connectivity index (χ0v) is 9.32. The molecule has 90 valence electrons. The summed E-state index contributed by atoms with van der Waals surface area (Å²) in [7, 11) is 0. The third kappa shape index (κ3) is 2.72. The largest absolute Gasteiger partial charge is 0.480 e. The van der Waals surface area contributed by atoms with Crippen molar-refractivity contribution in [3.05, 3.63) is 0 Å². The smallest absolute Gasteiger partial charge is 0.326 e. The Hall–Kier alpha value is -1.10. The van der Waals surface area contributed by atoms with Gasteiger partial charge in [-0.15, -0.1) is 0 Å². The fourth-order valence-corrected chi connectivity index (χ4v) is 2.11. The van der Waals surface area contributed by atoms with Crippen molar-refractivity contribution in [2.45, 2.75) is 44.2 Å². The number of carbonyl (C=O) groups is 2. The average Bonchev–Trinajstić information content (AvgIpc) is 3.09. The molecule has 1 saturated heterocycles. The van der Waals surface area contributed by atoms with Crippen LogP contribution in [0.4, 0.5) is 0 Å². The van der Waals surface area contributed by atoms with Gasteiger partial charge in [0.2, 0.25) is 5.91 Å². The predicted molar refractivity (Wildman–Crippen MR) is 58.0 cm³/mol. The second-order valence-corrected chi connectivity index (χ2v) is 4.59. The van der Waals surface area contributed by atoms with Crippen molar-refractivity contribution in [3.8, 4) is 0 Å². The number of carboxylic acid groups (broad SMARTS) is 1. The molecule has 1 aliphatic heterocycles. The van der Waals surface area contributed by atoms with Gasteiger partial charge in [-0.3, -0.25) is 4.79 Å². The average molecular weight is 226 g/mol. The predicted octanol–water partition coefficient (Wildman–Crippen LogP) is 0.204. The van der Waals surface area contributed by atoms with Crippen molar-refractivity contribution >= 4 is 11.9 Å². The molecule has 1 atom stereocenters. The maximum absolute atomic E-state index is 11.8. The highest BCUT2D eigenvalue weighted by Gasteiger charge is 2.32. The Morgan fingerprint density at radius 3 is 2.62 bits per heavy atom. The lowest BCUT2D eigenvalue weighted by atomic mass is 10.0. The van der Waals surface area contributed by atoms with Crippen LogP contribution in [0.2, 0.25) is 0 Å². The van der Waals surface area contributed by atoms with Crippen molar-refractivity contribution in [2.24, 2.45) is 0 Å². The van der Waals surface area contributed by atoms with Gasteiger partial charge in [0.15, 0.2) is 0 Å². The highest BCUT2D eigenvalue weighted by molar-refractivity contribution is 5.85. The molecule has 2 fully saturated rings. The quantitative estimate of drug-likeness (QED) is 0.718. The lowest BCUT2D eigenvalue weighted by molar-refractivity contribution is -0.151. The van der Waals surface area contributed by atoms with Crippen molar-refractivity contribution in [1.29, 1.82) is 0 Å². The standard InChI is InChI=1S/C11H18N2O3/c14-10(7-12-8-4-5-8)13-6-2-1-3-9(13)11(15)16/h8-9,12H,1-7H2,(H,15,16)/t9-/m1/s1. The van der Waals surface area contributed by atoms with E-state index < -0.39 is 12.0 Å². The lowest BCUT2D eigenvalue weighted by Crippen LogP contribution is -2.50. The van der Waals surface area contributed by atoms with Crippen molar-refractivity contribution in [3.63, 3.8) is 0 Å². The Morgan fingerprint density at radius 1 is 1.25 bits per heavy atom. The molecule has 1 amide bonds. The maximum atomic E-state index is 11.8. The summed E-state index contributed by atoms with van der Waals surface area (Å²) >= 11 is 0. The molecule has 1 aliphatic carbocycles. The number of piperidine rings is 1. The molecule has 2 N–H and O–H groups in total. The molecule has 16 heavy (non-hydrogen) atoms. The highest BCUT2D eigenvalue weighted by atomic mass is 16.4. The zero-order chi connectivity index (χ0) is 11.5. The summed E-state index contributed by atoms with van der Waals surface area (Å²) in [4.78, 5) is 24.4. The van der Waals surface area contributed by atoms with Gasteiger partial charge < -0.3 is 15.3 Å². The summed E-state index contributed by atoms with van der Waals surface area (Å²) in [5.41, 5.74) is 0. The summed E-state index contributed by atoms with van der Waals surface area (Å²) < 4.78 is 0. The summed E-state index contributed by atoms with van der Waals surface area (Å²) in [6, 6.07) is -0.126. The van der Waals surface area contributed by atoms with Gasteiger partial charge in [-0.1, -0.05) is 0 Å². The Balaban J connectivity index is 1.87. The molecule has 5 heteroatoms. The number of carboxylic acids is 1. The number of aliphatic carboxylic acids is 1. The molecule has 0 radical (unpaired) electrons. The van der Waals surface area contributed by atoms with E-state index in [-0.39, 0.29) is 12.5 Å². The molecule has 1 heterocycles. The van der Waals surface area contributed by atoms with E-state index in [1.54, 1.807) is 0 Å². The molecule has 2 rings (SSSR count). The fourth-order valence-electron chi connectivity index (χ4n) is 2.11. The monoisotopic (exact) mass is 226 g/mol. The van der Waals surface area contributed by atoms with E-state index >= 15 is 0 Å². The molecule has 1 saturated carbocycles. The first-order valence-corrected chi connectivity index (χ1v) is 5.94. The van der Waals surface area contributed by atoms with E-state index in [2.05, 4.69) is 5.32 Å². The Morgan fingerprint density at radius 2 is 2.00 bits per heavy atom. The van der Waals surface area contributed by atoms with E-state index in [1.165, 1.54) is 4.90 Å². The van der Waals surface area contributed by atoms with Gasteiger partial charge in [0.25, 0.3) is 0 Å². The molecule has 0 bridgehead atoms. The van der Waals surface area contributed by atoms with Crippen molar-refractivity contribution in [2.75, 3.05) is 13.1 Å². The minimum atomic E-state index is -0.875. The number of amides is 1. The van der Waals surface area contributed by atoms with Crippen LogP contribution in [0.3, 0.4) is 0 Å². The van der Waals surface area contributed by atoms with Gasteiger partial charge in [0, 0.05) is 12.6 Å². The van der Waals surface area contributed by atoms with Gasteiger partial charge in [-0.25, -0.2) is 4.79 Å². The fraction of sp³-hybridized carbons (Fsp3) is 0.818. The van der Waals surface area contributed by atoms with Crippen LogP contribution in [-0.4, -0.2) is 47.1 Å². The minimum Gasteiger partial charge on any atom is -0.480 e. The molecule has 0 unspecified atom stereocenters. The zero-order valence-electron chi connectivity index (χ0n) is 9.32. The normalized spacial score (nSPS) is 25.5. The number of likely N-dealkylation sites (tertiary alicyclic amines) is 1. The molecule has 0 aromatic carbocycles. The van der Waals surface area contributed by atoms with Crippen LogP contribution >= 0.6 is 0 Å². The van der Waals surface area contributed by atoms with Crippen molar-refractivity contribution < 1.29 is 14.7 Å². The molecule has 2 aliphatic rings. The molecule has 0 aromatic heterocycles. The first-order valence-electron chi connectivity index (χ1n) is 5.94. The van der Waals surface area contributed by atoms with E-state index in [0.717, 1.165) is 25.7 Å². The van der Waals surface area contributed by atoms with Crippen LogP contribution in [0.1, 0.15) is 32.1 Å². The number of carbonyl (C=O) groups excluding carboxylic acids is 1. The minimum absolute atomic E-state index is 0.0704. The number of hydrogen-bond donors (Lipinski definition) is 2. The van der Waals surface area contributed by atoms with Crippen LogP contribution < -0.4 is 5.32 Å². The SMILES string of the molecule is O=C(O)[C@H]1CCCCN1C(=O)CNC1CC1. The second-order valence-electron chi connectivity index (χ2n) is 4.59. The number of rotatable bonds is 4. The van der Waals surface area contributed by atoms with E-state index in [4.69, 9.17) is 5.11 Å². The highest BCUT2D eigenvalue weighted by Crippen LogP contribution is 2.20. The number of nitrogens with one attached hydrogen (secondary N) is 1. The van der Waals surface area contributed by atoms with Gasteiger partial charge in [0.1, 0.15) is 6.04 Å². The Labute approximate surface area is 94.8 Å². The summed E-state index contributed by atoms with van der Waals surface area (Å²) in [5.74, 6) is -0.946. The lowest BCUT2D eigenvalue weighted by Gasteiger charge is -2.33. The number of hydrogen-bond acceptors (Lipinski definition) is 3. The third-order valence-electron chi connectivity index (χ3n) is 3.23. The molecular formula is C11H18N2O3. The Kier molecular flexibility index (Phi) is 3.43. The second kappa shape index (κ2) is 4.82. The van der Waals surface area contributed by atoms with Crippen LogP contribution in [0.15, 0.2) is 0 Å². The topological polar surface area (TPSA) is 69.6 Å². The van der Waals surface area contributed by atoms with Gasteiger partial charge in [0.05, 0.1) is 6.54 Å². The maximum Gasteiger partial charge on any atom is 0.326 e. The van der Waals surface area contributed by atoms with Crippen LogP contribution in [0.5, 0.6) is 0 Å². The molecule has 0 aromatic rings. The van der Waals surface area contributed by atoms with Gasteiger partial charge >= 0.3 is 5.97 Å². The van der Waals surface area contributed by atoms with Crippen molar-refractivity contribution in [1.82, 2.24) is 10.2 Å². The van der Waals surface area contributed by atoms with Gasteiger partial charge in [-0.05, 0) is 32.1 Å². The van der Waals surface area contributed by atoms with Crippen LogP contribution in [0, 0.1) is 0 Å². The van der Waals surface area contributed by atoms with E-state index in [1.807, 2.05) is 0 Å². The van der Waals surface area contributed by atoms with E-state index in [0.29, 0.717) is 19.0 Å². The van der Waals surface area contributed by atoms with Crippen LogP contribution in [-0.2, 0) is 9.59 Å².